The van der Waals surface area contributed by atoms with Crippen molar-refractivity contribution in [2.75, 3.05) is 20.2 Å². The van der Waals surface area contributed by atoms with Crippen molar-refractivity contribution >= 4 is 20.0 Å². The molecular weight excluding hydrogens is 390 g/mol. The van der Waals surface area contributed by atoms with E-state index in [0.29, 0.717) is 19.5 Å². The van der Waals surface area contributed by atoms with Gasteiger partial charge in [-0.25, -0.2) is 27.1 Å². The van der Waals surface area contributed by atoms with Crippen LogP contribution in [-0.2, 0) is 26.5 Å². The van der Waals surface area contributed by atoms with Crippen molar-refractivity contribution in [1.82, 2.24) is 5.32 Å². The van der Waals surface area contributed by atoms with Crippen LogP contribution in [0.4, 0.5) is 0 Å². The largest absolute Gasteiger partial charge is 0.495 e. The molecule has 1 unspecified atom stereocenters. The van der Waals surface area contributed by atoms with Gasteiger partial charge in [0.25, 0.3) is 0 Å². The molecule has 1 heterocycles. The van der Waals surface area contributed by atoms with Crippen LogP contribution in [0.25, 0.3) is 0 Å². The van der Waals surface area contributed by atoms with E-state index in [2.05, 4.69) is 5.32 Å². The van der Waals surface area contributed by atoms with E-state index >= 15 is 0 Å². The minimum absolute atomic E-state index is 0.0372. The fourth-order valence-corrected chi connectivity index (χ4v) is 4.55. The first kappa shape index (κ1) is 19.8. The molecule has 0 amide bonds. The zero-order valence-electron chi connectivity index (χ0n) is 14.7. The standard InChI is InChI=1S/C17H21N3O5S2/c1-25-16-9-14-12(8-17(16)27(19,23)24)6-7-20-10-15(14)11-2-4-13(5-3-11)26(18,21)22/h2-5,8-9,15,20H,6-7,10H2,1H3,(H2,18,21,22)(H2,19,23,24). The van der Waals surface area contributed by atoms with Crippen LogP contribution >= 0.6 is 0 Å². The quantitative estimate of drug-likeness (QED) is 0.659. The summed E-state index contributed by atoms with van der Waals surface area (Å²) in [6.07, 6.45) is 0.633. The molecule has 2 aromatic carbocycles. The summed E-state index contributed by atoms with van der Waals surface area (Å²) in [5.41, 5.74) is 2.64. The van der Waals surface area contributed by atoms with Crippen LogP contribution in [0, 0.1) is 0 Å². The minimum Gasteiger partial charge on any atom is -0.495 e. The van der Waals surface area contributed by atoms with Gasteiger partial charge in [-0.05, 0) is 53.9 Å². The minimum atomic E-state index is -3.92. The topological polar surface area (TPSA) is 142 Å². The monoisotopic (exact) mass is 411 g/mol. The third-order valence-electron chi connectivity index (χ3n) is 4.64. The fraction of sp³-hybridized carbons (Fsp3) is 0.294. The lowest BCUT2D eigenvalue weighted by Gasteiger charge is -2.20. The average Bonchev–Trinajstić information content (AvgIpc) is 2.81. The first-order valence-electron chi connectivity index (χ1n) is 8.18. The summed E-state index contributed by atoms with van der Waals surface area (Å²) >= 11 is 0. The van der Waals surface area contributed by atoms with E-state index in [9.17, 15) is 16.8 Å². The van der Waals surface area contributed by atoms with Crippen LogP contribution in [0.15, 0.2) is 46.2 Å². The van der Waals surface area contributed by atoms with Crippen LogP contribution in [0.1, 0.15) is 22.6 Å². The molecule has 1 atom stereocenters. The van der Waals surface area contributed by atoms with Crippen molar-refractivity contribution in [1.29, 1.82) is 0 Å². The summed E-state index contributed by atoms with van der Waals surface area (Å²) < 4.78 is 52.0. The normalized spacial score (nSPS) is 17.8. The number of ether oxygens (including phenoxy) is 1. The fourth-order valence-electron chi connectivity index (χ4n) is 3.31. The van der Waals surface area contributed by atoms with E-state index in [0.717, 1.165) is 16.7 Å². The molecule has 146 valence electrons. The second-order valence-electron chi connectivity index (χ2n) is 6.37. The molecule has 0 saturated carbocycles. The molecule has 1 aliphatic heterocycles. The number of fused-ring (bicyclic) bond motifs is 1. The second kappa shape index (κ2) is 7.21. The van der Waals surface area contributed by atoms with Gasteiger partial charge in [0.2, 0.25) is 20.0 Å². The molecule has 0 spiro atoms. The van der Waals surface area contributed by atoms with Crippen LogP contribution in [0.3, 0.4) is 0 Å². The smallest absolute Gasteiger partial charge is 0.241 e. The van der Waals surface area contributed by atoms with Gasteiger partial charge in [0, 0.05) is 12.5 Å². The summed E-state index contributed by atoms with van der Waals surface area (Å²) in [5.74, 6) is 0.0739. The lowest BCUT2D eigenvalue weighted by atomic mass is 9.88. The summed E-state index contributed by atoms with van der Waals surface area (Å²) in [5, 5.41) is 13.8. The Hall–Kier alpha value is -1.98. The van der Waals surface area contributed by atoms with Gasteiger partial charge >= 0.3 is 0 Å². The third-order valence-corrected chi connectivity index (χ3v) is 6.50. The Balaban J connectivity index is 2.12. The molecule has 0 aromatic heterocycles. The SMILES string of the molecule is COc1cc2c(cc1S(N)(=O)=O)CCNCC2c1ccc(S(N)(=O)=O)cc1. The summed E-state index contributed by atoms with van der Waals surface area (Å²) in [6, 6.07) is 9.60. The molecule has 10 heteroatoms. The number of benzene rings is 2. The predicted octanol–water partition coefficient (Wildman–Crippen LogP) is 0.268. The molecule has 5 N–H and O–H groups in total. The van der Waals surface area contributed by atoms with Crippen molar-refractivity contribution in [2.24, 2.45) is 10.3 Å². The number of nitrogens with one attached hydrogen (secondary N) is 1. The lowest BCUT2D eigenvalue weighted by molar-refractivity contribution is 0.401. The van der Waals surface area contributed by atoms with Crippen LogP contribution in [-0.4, -0.2) is 37.0 Å². The molecule has 0 aliphatic carbocycles. The summed E-state index contributed by atoms with van der Waals surface area (Å²) in [7, 11) is -6.30. The van der Waals surface area contributed by atoms with E-state index in [1.807, 2.05) is 0 Å². The molecule has 8 nitrogen and oxygen atoms in total. The summed E-state index contributed by atoms with van der Waals surface area (Å²) in [6.45, 7) is 1.29. The Labute approximate surface area is 158 Å². The van der Waals surface area contributed by atoms with Crippen LogP contribution in [0.2, 0.25) is 0 Å². The highest BCUT2D eigenvalue weighted by Gasteiger charge is 2.25. The second-order valence-corrected chi connectivity index (χ2v) is 9.46. The number of nitrogens with two attached hydrogens (primary N) is 2. The molecule has 27 heavy (non-hydrogen) atoms. The van der Waals surface area contributed by atoms with E-state index in [1.165, 1.54) is 19.2 Å². The first-order valence-corrected chi connectivity index (χ1v) is 11.3. The molecule has 3 rings (SSSR count). The van der Waals surface area contributed by atoms with E-state index in [-0.39, 0.29) is 21.5 Å². The molecule has 0 fully saturated rings. The molecule has 0 radical (unpaired) electrons. The van der Waals surface area contributed by atoms with Gasteiger partial charge in [0.05, 0.1) is 12.0 Å². The van der Waals surface area contributed by atoms with Crippen molar-refractivity contribution in [3.63, 3.8) is 0 Å². The molecule has 0 saturated heterocycles. The lowest BCUT2D eigenvalue weighted by Crippen LogP contribution is -2.21. The number of methoxy groups -OCH3 is 1. The Kier molecular flexibility index (Phi) is 5.28. The molecule has 0 bridgehead atoms. The Morgan fingerprint density at radius 1 is 1.04 bits per heavy atom. The zero-order chi connectivity index (χ0) is 19.8. The van der Waals surface area contributed by atoms with Gasteiger partial charge in [-0.1, -0.05) is 12.1 Å². The van der Waals surface area contributed by atoms with E-state index < -0.39 is 20.0 Å². The van der Waals surface area contributed by atoms with Crippen molar-refractivity contribution in [3.05, 3.63) is 53.1 Å². The van der Waals surface area contributed by atoms with Crippen molar-refractivity contribution in [2.45, 2.75) is 22.1 Å². The van der Waals surface area contributed by atoms with Crippen LogP contribution in [0.5, 0.6) is 5.75 Å². The number of hydrogen-bond donors (Lipinski definition) is 3. The van der Waals surface area contributed by atoms with Crippen LogP contribution < -0.4 is 20.3 Å². The van der Waals surface area contributed by atoms with Gasteiger partial charge in [-0.3, -0.25) is 0 Å². The highest BCUT2D eigenvalue weighted by Crippen LogP contribution is 2.35. The predicted molar refractivity (Wildman–Crippen MR) is 101 cm³/mol. The van der Waals surface area contributed by atoms with Crippen molar-refractivity contribution in [3.8, 4) is 5.75 Å². The Morgan fingerprint density at radius 3 is 2.26 bits per heavy atom. The maximum Gasteiger partial charge on any atom is 0.241 e. The van der Waals surface area contributed by atoms with E-state index in [4.69, 9.17) is 15.0 Å². The Bertz CT molecular complexity index is 1060. The highest BCUT2D eigenvalue weighted by molar-refractivity contribution is 7.89. The summed E-state index contributed by atoms with van der Waals surface area (Å²) in [4.78, 5) is -0.0100. The van der Waals surface area contributed by atoms with Gasteiger partial charge in [-0.15, -0.1) is 0 Å². The maximum absolute atomic E-state index is 11.9. The third kappa shape index (κ3) is 4.14. The maximum atomic E-state index is 11.9. The van der Waals surface area contributed by atoms with Gasteiger partial charge in [-0.2, -0.15) is 0 Å². The Morgan fingerprint density at radius 2 is 1.70 bits per heavy atom. The van der Waals surface area contributed by atoms with Crippen molar-refractivity contribution < 1.29 is 21.6 Å². The van der Waals surface area contributed by atoms with Gasteiger partial charge in [0.15, 0.2) is 0 Å². The molecular formula is C17H21N3O5S2. The van der Waals surface area contributed by atoms with E-state index in [1.54, 1.807) is 24.3 Å². The molecule has 1 aliphatic rings. The highest BCUT2D eigenvalue weighted by atomic mass is 32.2. The number of hydrogen-bond acceptors (Lipinski definition) is 6. The average molecular weight is 412 g/mol. The first-order chi connectivity index (χ1) is 12.6. The van der Waals surface area contributed by atoms with Gasteiger partial charge < -0.3 is 10.1 Å². The molecule has 2 aromatic rings. The number of primary sulfonamides is 2. The zero-order valence-corrected chi connectivity index (χ0v) is 16.3. The number of sulfonamides is 2. The van der Waals surface area contributed by atoms with Gasteiger partial charge in [0.1, 0.15) is 10.6 Å². The number of rotatable bonds is 4.